The molecule has 3 aromatic heterocycles. The van der Waals surface area contributed by atoms with Gasteiger partial charge in [-0.05, 0) is 54.4 Å². The van der Waals surface area contributed by atoms with Gasteiger partial charge in [-0.15, -0.1) is 0 Å². The molecule has 66 heavy (non-hydrogen) atoms. The second-order valence-electron chi connectivity index (χ2n) is 16.3. The van der Waals surface area contributed by atoms with Gasteiger partial charge in [-0.25, -0.2) is 19.9 Å². The molecule has 0 bridgehead atoms. The minimum Gasteiger partial charge on any atom is -0.308 e. The number of benzene rings is 8. The summed E-state index contributed by atoms with van der Waals surface area (Å²) < 4.78 is 49.2. The zero-order valence-electron chi connectivity index (χ0n) is 35.6. The number of fused-ring (bicyclic) bond motifs is 3. The van der Waals surface area contributed by atoms with Gasteiger partial charge in [0.15, 0.2) is 11.6 Å². The van der Waals surface area contributed by atoms with Gasteiger partial charge in [-0.2, -0.15) is 13.2 Å². The molecule has 11 rings (SSSR count). The van der Waals surface area contributed by atoms with Gasteiger partial charge >= 0.3 is 6.18 Å². The van der Waals surface area contributed by atoms with Crippen LogP contribution in [0.25, 0.3) is 106 Å². The zero-order chi connectivity index (χ0) is 44.8. The van der Waals surface area contributed by atoms with Crippen LogP contribution in [-0.2, 0) is 6.18 Å². The van der Waals surface area contributed by atoms with Gasteiger partial charge in [0, 0.05) is 44.2 Å². The van der Waals surface area contributed by atoms with E-state index < -0.39 is 11.7 Å². The van der Waals surface area contributed by atoms with Gasteiger partial charge in [0.2, 0.25) is 0 Å². The number of alkyl halides is 3. The summed E-state index contributed by atoms with van der Waals surface area (Å²) in [7, 11) is 0. The number of nitrogens with zero attached hydrogens (tertiary/aromatic N) is 5. The average Bonchev–Trinajstić information content (AvgIpc) is 3.69. The highest BCUT2D eigenvalue weighted by molar-refractivity contribution is 6.11. The van der Waals surface area contributed by atoms with Crippen LogP contribution in [0.4, 0.5) is 13.2 Å². The third-order valence-electron chi connectivity index (χ3n) is 11.9. The largest absolute Gasteiger partial charge is 0.416 e. The molecule has 0 saturated heterocycles. The van der Waals surface area contributed by atoms with Crippen molar-refractivity contribution in [1.82, 2.24) is 24.5 Å². The van der Waals surface area contributed by atoms with Crippen molar-refractivity contribution in [2.75, 3.05) is 0 Å². The first-order chi connectivity index (χ1) is 32.2. The quantitative estimate of drug-likeness (QED) is 0.153. The van der Waals surface area contributed by atoms with Crippen molar-refractivity contribution in [3.05, 3.63) is 223 Å². The van der Waals surface area contributed by atoms with Gasteiger partial charge in [-0.3, -0.25) is 0 Å². The third kappa shape index (κ3) is 7.58. The Labute approximate surface area is 379 Å². The number of hydrogen-bond donors (Lipinski definition) is 0. The van der Waals surface area contributed by atoms with E-state index in [-0.39, 0.29) is 22.8 Å². The average molecular weight is 862 g/mol. The van der Waals surface area contributed by atoms with E-state index in [1.165, 1.54) is 12.1 Å². The van der Waals surface area contributed by atoms with Gasteiger partial charge in [0.05, 0.1) is 45.1 Å². The van der Waals surface area contributed by atoms with Crippen LogP contribution in [0.2, 0.25) is 0 Å². The van der Waals surface area contributed by atoms with Crippen LogP contribution in [0.1, 0.15) is 11.1 Å². The number of para-hydroxylation sites is 1. The number of hydrogen-bond acceptors (Lipinski definition) is 4. The maximum atomic E-state index is 15.7. The lowest BCUT2D eigenvalue weighted by Crippen LogP contribution is -2.11. The molecular formula is C58H38F3N5. The fourth-order valence-corrected chi connectivity index (χ4v) is 8.76. The van der Waals surface area contributed by atoms with E-state index in [4.69, 9.17) is 19.9 Å². The number of aryl methyl sites for hydroxylation is 1. The summed E-state index contributed by atoms with van der Waals surface area (Å²) in [6, 6.07) is 67.2. The lowest BCUT2D eigenvalue weighted by molar-refractivity contribution is -0.137. The summed E-state index contributed by atoms with van der Waals surface area (Å²) in [5.74, 6) is 0.224. The van der Waals surface area contributed by atoms with Crippen molar-refractivity contribution in [3.8, 4) is 84.6 Å². The van der Waals surface area contributed by atoms with E-state index in [9.17, 15) is 0 Å². The molecular weight excluding hydrogens is 824 g/mol. The Kier molecular flexibility index (Phi) is 10.1. The smallest absolute Gasteiger partial charge is 0.308 e. The second-order valence-corrected chi connectivity index (χ2v) is 16.3. The summed E-state index contributed by atoms with van der Waals surface area (Å²) in [6.07, 6.45) is -4.78. The van der Waals surface area contributed by atoms with Crippen LogP contribution < -0.4 is 0 Å². The van der Waals surface area contributed by atoms with E-state index in [2.05, 4.69) is 47.9 Å². The number of aromatic nitrogens is 5. The second kappa shape index (κ2) is 16.6. The predicted octanol–water partition coefficient (Wildman–Crippen LogP) is 15.4. The van der Waals surface area contributed by atoms with Crippen molar-refractivity contribution in [3.63, 3.8) is 0 Å². The van der Waals surface area contributed by atoms with Gasteiger partial charge < -0.3 is 4.57 Å². The molecule has 8 aromatic carbocycles. The minimum absolute atomic E-state index is 0.112. The molecule has 0 radical (unpaired) electrons. The van der Waals surface area contributed by atoms with Gasteiger partial charge in [-0.1, -0.05) is 181 Å². The van der Waals surface area contributed by atoms with Crippen LogP contribution in [0.3, 0.4) is 0 Å². The molecule has 0 aliphatic rings. The molecule has 316 valence electrons. The first kappa shape index (κ1) is 40.3. The van der Waals surface area contributed by atoms with Crippen LogP contribution in [-0.4, -0.2) is 24.5 Å². The molecule has 0 aliphatic heterocycles. The highest BCUT2D eigenvalue weighted by atomic mass is 19.4. The van der Waals surface area contributed by atoms with Crippen molar-refractivity contribution >= 4 is 21.8 Å². The van der Waals surface area contributed by atoms with Crippen molar-refractivity contribution in [2.24, 2.45) is 0 Å². The Bertz CT molecular complexity index is 3310. The fourth-order valence-electron chi connectivity index (χ4n) is 8.76. The first-order valence-electron chi connectivity index (χ1n) is 21.6. The van der Waals surface area contributed by atoms with E-state index in [1.54, 1.807) is 0 Å². The molecule has 5 nitrogen and oxygen atoms in total. The molecule has 8 heteroatoms. The summed E-state index contributed by atoms with van der Waals surface area (Å²) >= 11 is 0. The monoisotopic (exact) mass is 861 g/mol. The minimum atomic E-state index is -4.78. The summed E-state index contributed by atoms with van der Waals surface area (Å²) in [6.45, 7) is 2.06. The van der Waals surface area contributed by atoms with E-state index in [1.807, 2.05) is 164 Å². The zero-order valence-corrected chi connectivity index (χ0v) is 35.6. The normalized spacial score (nSPS) is 11.6. The summed E-state index contributed by atoms with van der Waals surface area (Å²) in [4.78, 5) is 20.6. The highest BCUT2D eigenvalue weighted by Gasteiger charge is 2.35. The standard InChI is InChI=1S/C58H38F3N5/c1-37-17-16-26-42(31-37)43-29-30-46-45-27-14-15-28-53(45)66(54(46)32-43)55-47(56-62-49(38-18-6-2-7-19-38)35-50(63-56)39-20-8-3-9-21-39)33-44(58(59,60)61)34-48(55)57-64-51(40-22-10-4-11-23-40)36-52(65-57)41-24-12-5-13-25-41/h2-36H,1H3. The molecule has 0 unspecified atom stereocenters. The Morgan fingerprint density at radius 3 is 1.23 bits per heavy atom. The molecule has 0 fully saturated rings. The van der Waals surface area contributed by atoms with E-state index in [0.717, 1.165) is 60.8 Å². The van der Waals surface area contributed by atoms with Crippen molar-refractivity contribution in [2.45, 2.75) is 13.1 Å². The number of rotatable bonds is 8. The molecule has 0 aliphatic carbocycles. The van der Waals surface area contributed by atoms with Gasteiger partial charge in [0.25, 0.3) is 0 Å². The molecule has 0 amide bonds. The lowest BCUT2D eigenvalue weighted by Gasteiger charge is -2.21. The van der Waals surface area contributed by atoms with E-state index in [0.29, 0.717) is 28.5 Å². The van der Waals surface area contributed by atoms with Crippen LogP contribution >= 0.6 is 0 Å². The Morgan fingerprint density at radius 2 is 0.773 bits per heavy atom. The maximum absolute atomic E-state index is 15.7. The number of halogens is 3. The fraction of sp³-hybridized carbons (Fsp3) is 0.0345. The Hall–Kier alpha value is -8.49. The van der Waals surface area contributed by atoms with Crippen LogP contribution in [0.5, 0.6) is 0 Å². The third-order valence-corrected chi connectivity index (χ3v) is 11.9. The van der Waals surface area contributed by atoms with Crippen molar-refractivity contribution in [1.29, 1.82) is 0 Å². The van der Waals surface area contributed by atoms with Crippen molar-refractivity contribution < 1.29 is 13.2 Å². The topological polar surface area (TPSA) is 56.5 Å². The Balaban J connectivity index is 1.32. The highest BCUT2D eigenvalue weighted by Crippen LogP contribution is 2.45. The molecule has 0 saturated carbocycles. The molecule has 0 spiro atoms. The van der Waals surface area contributed by atoms with Crippen LogP contribution in [0, 0.1) is 6.92 Å². The first-order valence-corrected chi connectivity index (χ1v) is 21.6. The molecule has 11 aromatic rings. The summed E-state index contributed by atoms with van der Waals surface area (Å²) in [5.41, 5.74) is 9.86. The molecule has 3 heterocycles. The van der Waals surface area contributed by atoms with Crippen LogP contribution in [0.15, 0.2) is 212 Å². The molecule has 0 N–H and O–H groups in total. The predicted molar refractivity (Wildman–Crippen MR) is 260 cm³/mol. The molecule has 0 atom stereocenters. The van der Waals surface area contributed by atoms with E-state index >= 15 is 13.2 Å². The SMILES string of the molecule is Cc1cccc(-c2ccc3c4ccccc4n(-c4c(-c5nc(-c6ccccc6)cc(-c6ccccc6)n5)cc(C(F)(F)F)cc4-c4nc(-c5ccccc5)cc(-c5ccccc5)n4)c3c2)c1. The Morgan fingerprint density at radius 1 is 0.364 bits per heavy atom. The summed E-state index contributed by atoms with van der Waals surface area (Å²) in [5, 5.41) is 1.85. The van der Waals surface area contributed by atoms with Gasteiger partial charge in [0.1, 0.15) is 0 Å². The maximum Gasteiger partial charge on any atom is 0.416 e. The lowest BCUT2D eigenvalue weighted by atomic mass is 9.98.